The fourth-order valence-electron chi connectivity index (χ4n) is 2.70. The van der Waals surface area contributed by atoms with Crippen LogP contribution in [-0.4, -0.2) is 38.3 Å². The van der Waals surface area contributed by atoms with E-state index >= 15 is 0 Å². The number of benzene rings is 2. The van der Waals surface area contributed by atoms with Gasteiger partial charge in [0.05, 0.1) is 12.7 Å². The number of aliphatic hydroxyl groups excluding tert-OH is 1. The number of thioether (sulfide) groups is 1. The Balaban J connectivity index is 1.66. The van der Waals surface area contributed by atoms with Crippen LogP contribution >= 0.6 is 11.8 Å². The van der Waals surface area contributed by atoms with E-state index in [-0.39, 0.29) is 12.7 Å². The van der Waals surface area contributed by atoms with Crippen molar-refractivity contribution in [3.8, 4) is 0 Å². The summed E-state index contributed by atoms with van der Waals surface area (Å²) < 4.78 is 7.98. The summed E-state index contributed by atoms with van der Waals surface area (Å²) in [5, 5.41) is 19.0. The summed E-state index contributed by atoms with van der Waals surface area (Å²) in [6, 6.07) is 18.3. The van der Waals surface area contributed by atoms with E-state index in [1.54, 1.807) is 6.33 Å². The molecule has 0 saturated carbocycles. The lowest BCUT2D eigenvalue weighted by atomic mass is 9.97. The molecule has 3 rings (SSSR count). The lowest BCUT2D eigenvalue weighted by molar-refractivity contribution is 0.0153. The average molecular weight is 369 g/mol. The highest BCUT2D eigenvalue weighted by Gasteiger charge is 2.18. The van der Waals surface area contributed by atoms with E-state index in [4.69, 9.17) is 4.74 Å². The van der Waals surface area contributed by atoms with Gasteiger partial charge in [0, 0.05) is 12.8 Å². The predicted octanol–water partition coefficient (Wildman–Crippen LogP) is 3.38. The first-order valence-electron chi connectivity index (χ1n) is 8.52. The van der Waals surface area contributed by atoms with E-state index in [0.29, 0.717) is 5.75 Å². The van der Waals surface area contributed by atoms with Gasteiger partial charge in [-0.05, 0) is 23.6 Å². The molecule has 1 heterocycles. The first kappa shape index (κ1) is 18.6. The molecule has 1 aromatic heterocycles. The predicted molar refractivity (Wildman–Crippen MR) is 103 cm³/mol. The minimum absolute atomic E-state index is 0.202. The van der Waals surface area contributed by atoms with Crippen molar-refractivity contribution in [1.29, 1.82) is 0 Å². The van der Waals surface area contributed by atoms with Gasteiger partial charge in [-0.3, -0.25) is 0 Å². The quantitative estimate of drug-likeness (QED) is 0.617. The van der Waals surface area contributed by atoms with Crippen LogP contribution in [0.15, 0.2) is 66.1 Å². The Morgan fingerprint density at radius 3 is 2.54 bits per heavy atom. The molecule has 26 heavy (non-hydrogen) atoms. The smallest absolute Gasteiger partial charge is 0.190 e. The molecule has 0 amide bonds. The van der Waals surface area contributed by atoms with Gasteiger partial charge in [0.15, 0.2) is 5.16 Å². The first-order chi connectivity index (χ1) is 12.6. The molecule has 0 spiro atoms. The standard InChI is InChI=1S/C20H23N3O2S/c1-15-8-6-7-11-18(15)19(16-9-4-3-5-10-16)25-12-17(24)13-26-20-22-21-14-23(20)2/h3-11,14,17,19,24H,12-13H2,1-2H3. The maximum atomic E-state index is 10.3. The van der Waals surface area contributed by atoms with Crippen molar-refractivity contribution in [3.63, 3.8) is 0 Å². The van der Waals surface area contributed by atoms with Gasteiger partial charge in [0.25, 0.3) is 0 Å². The van der Waals surface area contributed by atoms with E-state index < -0.39 is 6.10 Å². The Morgan fingerprint density at radius 1 is 1.12 bits per heavy atom. The molecule has 0 fully saturated rings. The van der Waals surface area contributed by atoms with Crippen LogP contribution in [0.4, 0.5) is 0 Å². The zero-order valence-electron chi connectivity index (χ0n) is 14.9. The highest BCUT2D eigenvalue weighted by atomic mass is 32.2. The molecule has 5 nitrogen and oxygen atoms in total. The van der Waals surface area contributed by atoms with Crippen LogP contribution in [-0.2, 0) is 11.8 Å². The van der Waals surface area contributed by atoms with Gasteiger partial charge in [0.2, 0.25) is 0 Å². The molecule has 3 aromatic rings. The van der Waals surface area contributed by atoms with E-state index in [9.17, 15) is 5.11 Å². The topological polar surface area (TPSA) is 60.2 Å². The summed E-state index contributed by atoms with van der Waals surface area (Å²) in [5.74, 6) is 0.502. The van der Waals surface area contributed by atoms with Crippen LogP contribution in [0.3, 0.4) is 0 Å². The Labute approximate surface area is 158 Å². The Hall–Kier alpha value is -2.15. The number of hydrogen-bond acceptors (Lipinski definition) is 5. The van der Waals surface area contributed by atoms with Crippen molar-refractivity contribution in [3.05, 3.63) is 77.6 Å². The van der Waals surface area contributed by atoms with Gasteiger partial charge in [-0.25, -0.2) is 0 Å². The van der Waals surface area contributed by atoms with E-state index in [1.165, 1.54) is 17.3 Å². The zero-order valence-corrected chi connectivity index (χ0v) is 15.8. The largest absolute Gasteiger partial charge is 0.390 e. The minimum atomic E-state index is -0.591. The van der Waals surface area contributed by atoms with Crippen LogP contribution in [0.25, 0.3) is 0 Å². The molecule has 1 N–H and O–H groups in total. The summed E-state index contributed by atoms with van der Waals surface area (Å²) in [6.07, 6.45) is 0.855. The molecule has 2 aromatic carbocycles. The van der Waals surface area contributed by atoms with Gasteiger partial charge < -0.3 is 14.4 Å². The van der Waals surface area contributed by atoms with Crippen LogP contribution in [0.2, 0.25) is 0 Å². The van der Waals surface area contributed by atoms with Gasteiger partial charge in [0.1, 0.15) is 12.4 Å². The van der Waals surface area contributed by atoms with E-state index in [2.05, 4.69) is 41.4 Å². The highest BCUT2D eigenvalue weighted by molar-refractivity contribution is 7.99. The number of ether oxygens (including phenoxy) is 1. The molecule has 0 radical (unpaired) electrons. The summed E-state index contributed by atoms with van der Waals surface area (Å²) in [4.78, 5) is 0. The maximum absolute atomic E-state index is 10.3. The number of hydrogen-bond donors (Lipinski definition) is 1. The molecule has 0 aliphatic rings. The molecule has 2 unspecified atom stereocenters. The number of rotatable bonds is 8. The van der Waals surface area contributed by atoms with Crippen molar-refractivity contribution in [1.82, 2.24) is 14.8 Å². The maximum Gasteiger partial charge on any atom is 0.190 e. The summed E-state index contributed by atoms with van der Waals surface area (Å²) in [5.41, 5.74) is 3.37. The molecule has 0 bridgehead atoms. The van der Waals surface area contributed by atoms with Crippen molar-refractivity contribution in [2.24, 2.45) is 7.05 Å². The second-order valence-electron chi connectivity index (χ2n) is 6.17. The van der Waals surface area contributed by atoms with Crippen molar-refractivity contribution < 1.29 is 9.84 Å². The second kappa shape index (κ2) is 8.98. The number of aromatic nitrogens is 3. The minimum Gasteiger partial charge on any atom is -0.390 e. The molecular weight excluding hydrogens is 346 g/mol. The van der Waals surface area contributed by atoms with E-state index in [1.807, 2.05) is 41.9 Å². The number of aliphatic hydroxyl groups is 1. The summed E-state index contributed by atoms with van der Waals surface area (Å²) >= 11 is 1.47. The number of aryl methyl sites for hydroxylation is 2. The fourth-order valence-corrected chi connectivity index (χ4v) is 3.50. The Morgan fingerprint density at radius 2 is 1.85 bits per heavy atom. The third-order valence-electron chi connectivity index (χ3n) is 4.10. The molecule has 0 saturated heterocycles. The third kappa shape index (κ3) is 4.72. The van der Waals surface area contributed by atoms with Crippen molar-refractivity contribution in [2.45, 2.75) is 24.3 Å². The summed E-state index contributed by atoms with van der Waals surface area (Å²) in [6.45, 7) is 2.33. The lowest BCUT2D eigenvalue weighted by Crippen LogP contribution is -2.21. The highest BCUT2D eigenvalue weighted by Crippen LogP contribution is 2.28. The SMILES string of the molecule is Cc1ccccc1C(OCC(O)CSc1nncn1C)c1ccccc1. The molecule has 136 valence electrons. The lowest BCUT2D eigenvalue weighted by Gasteiger charge is -2.22. The van der Waals surface area contributed by atoms with Gasteiger partial charge in [-0.2, -0.15) is 0 Å². The van der Waals surface area contributed by atoms with Gasteiger partial charge in [-0.15, -0.1) is 10.2 Å². The van der Waals surface area contributed by atoms with Crippen LogP contribution < -0.4 is 0 Å². The normalized spacial score (nSPS) is 13.5. The van der Waals surface area contributed by atoms with Crippen LogP contribution in [0, 0.1) is 6.92 Å². The monoisotopic (exact) mass is 369 g/mol. The van der Waals surface area contributed by atoms with Crippen molar-refractivity contribution in [2.75, 3.05) is 12.4 Å². The molecule has 2 atom stereocenters. The molecule has 6 heteroatoms. The van der Waals surface area contributed by atoms with Crippen LogP contribution in [0.1, 0.15) is 22.8 Å². The summed E-state index contributed by atoms with van der Waals surface area (Å²) in [7, 11) is 1.88. The third-order valence-corrected chi connectivity index (χ3v) is 5.28. The van der Waals surface area contributed by atoms with E-state index in [0.717, 1.165) is 16.3 Å². The molecule has 0 aliphatic heterocycles. The fraction of sp³-hybridized carbons (Fsp3) is 0.300. The van der Waals surface area contributed by atoms with Crippen LogP contribution in [0.5, 0.6) is 0 Å². The average Bonchev–Trinajstić information content (AvgIpc) is 3.07. The first-order valence-corrected chi connectivity index (χ1v) is 9.50. The second-order valence-corrected chi connectivity index (χ2v) is 7.16. The Kier molecular flexibility index (Phi) is 6.44. The van der Waals surface area contributed by atoms with Crippen molar-refractivity contribution >= 4 is 11.8 Å². The van der Waals surface area contributed by atoms with Gasteiger partial charge >= 0.3 is 0 Å². The zero-order chi connectivity index (χ0) is 18.4. The molecule has 0 aliphatic carbocycles. The number of nitrogens with zero attached hydrogens (tertiary/aromatic N) is 3. The Bertz CT molecular complexity index is 823. The molecular formula is C20H23N3O2S. The van der Waals surface area contributed by atoms with Gasteiger partial charge in [-0.1, -0.05) is 66.4 Å².